The molecule has 4 rings (SSSR count). The van der Waals surface area contributed by atoms with E-state index < -0.39 is 0 Å². The third-order valence-electron chi connectivity index (χ3n) is 6.07. The summed E-state index contributed by atoms with van der Waals surface area (Å²) in [5, 5.41) is 7.15. The number of nitrogens with one attached hydrogen (secondary N) is 2. The van der Waals surface area contributed by atoms with Gasteiger partial charge in [0, 0.05) is 38.4 Å². The molecule has 2 saturated carbocycles. The third-order valence-corrected chi connectivity index (χ3v) is 6.07. The van der Waals surface area contributed by atoms with Crippen LogP contribution in [0.25, 0.3) is 0 Å². The van der Waals surface area contributed by atoms with Crippen molar-refractivity contribution in [1.29, 1.82) is 0 Å². The van der Waals surface area contributed by atoms with Crippen molar-refractivity contribution in [3.8, 4) is 0 Å². The summed E-state index contributed by atoms with van der Waals surface area (Å²) in [4.78, 5) is 11.8. The van der Waals surface area contributed by atoms with Gasteiger partial charge < -0.3 is 15.5 Å². The van der Waals surface area contributed by atoms with Crippen molar-refractivity contribution in [2.45, 2.75) is 51.5 Å². The summed E-state index contributed by atoms with van der Waals surface area (Å²) in [5.41, 5.74) is 0. The van der Waals surface area contributed by atoms with E-state index >= 15 is 0 Å². The van der Waals surface area contributed by atoms with Gasteiger partial charge in [0.15, 0.2) is 5.96 Å². The predicted octanol–water partition coefficient (Wildman–Crippen LogP) is 3.66. The van der Waals surface area contributed by atoms with Crippen LogP contribution in [0.5, 0.6) is 0 Å². The van der Waals surface area contributed by atoms with Gasteiger partial charge in [-0.05, 0) is 75.3 Å². The monoisotopic (exact) mass is 483 g/mol. The molecular formula is C21H34IN5. The number of halogens is 1. The van der Waals surface area contributed by atoms with Crippen molar-refractivity contribution in [3.63, 3.8) is 0 Å². The number of anilines is 1. The van der Waals surface area contributed by atoms with E-state index in [9.17, 15) is 0 Å². The molecule has 27 heavy (non-hydrogen) atoms. The van der Waals surface area contributed by atoms with Crippen molar-refractivity contribution in [3.05, 3.63) is 24.4 Å². The fourth-order valence-corrected chi connectivity index (χ4v) is 4.24. The lowest BCUT2D eigenvalue weighted by Crippen LogP contribution is -2.49. The van der Waals surface area contributed by atoms with E-state index in [0.717, 1.165) is 68.6 Å². The number of nitrogens with zero attached hydrogens (tertiary/aromatic N) is 3. The third kappa shape index (κ3) is 5.96. The average molecular weight is 483 g/mol. The maximum Gasteiger partial charge on any atom is 0.191 e. The van der Waals surface area contributed by atoms with Crippen LogP contribution in [0.3, 0.4) is 0 Å². The van der Waals surface area contributed by atoms with Gasteiger partial charge in [-0.3, -0.25) is 4.99 Å². The van der Waals surface area contributed by atoms with Crippen LogP contribution >= 0.6 is 24.0 Å². The van der Waals surface area contributed by atoms with E-state index in [2.05, 4.69) is 39.6 Å². The summed E-state index contributed by atoms with van der Waals surface area (Å²) in [5.74, 6) is 4.90. The molecule has 2 aliphatic carbocycles. The van der Waals surface area contributed by atoms with E-state index in [4.69, 9.17) is 4.99 Å². The van der Waals surface area contributed by atoms with Crippen LogP contribution in [0.1, 0.15) is 45.4 Å². The Bertz CT molecular complexity index is 580. The number of guanidine groups is 1. The summed E-state index contributed by atoms with van der Waals surface area (Å²) in [7, 11) is 0. The van der Waals surface area contributed by atoms with Crippen molar-refractivity contribution < 1.29 is 0 Å². The molecule has 0 aromatic carbocycles. The summed E-state index contributed by atoms with van der Waals surface area (Å²) >= 11 is 0. The Balaban J connectivity index is 0.00000210. The molecular weight excluding hydrogens is 449 g/mol. The van der Waals surface area contributed by atoms with Crippen molar-refractivity contribution >= 4 is 35.8 Å². The second-order valence-electron chi connectivity index (χ2n) is 8.15. The van der Waals surface area contributed by atoms with Gasteiger partial charge in [0.05, 0.1) is 0 Å². The van der Waals surface area contributed by atoms with E-state index in [1.807, 2.05) is 12.3 Å². The van der Waals surface area contributed by atoms with Gasteiger partial charge >= 0.3 is 0 Å². The average Bonchev–Trinajstić information content (AvgIpc) is 3.57. The normalized spacial score (nSPS) is 21.1. The van der Waals surface area contributed by atoms with Crippen molar-refractivity contribution in [2.75, 3.05) is 31.1 Å². The van der Waals surface area contributed by atoms with Gasteiger partial charge in [-0.25, -0.2) is 4.98 Å². The lowest BCUT2D eigenvalue weighted by atomic mass is 9.98. The van der Waals surface area contributed by atoms with Gasteiger partial charge in [-0.2, -0.15) is 0 Å². The molecule has 0 unspecified atom stereocenters. The number of pyridine rings is 1. The molecule has 3 fully saturated rings. The molecule has 150 valence electrons. The molecule has 2 N–H and O–H groups in total. The molecule has 0 atom stereocenters. The van der Waals surface area contributed by atoms with E-state index in [-0.39, 0.29) is 24.0 Å². The largest absolute Gasteiger partial charge is 0.357 e. The van der Waals surface area contributed by atoms with E-state index in [1.165, 1.54) is 25.7 Å². The maximum absolute atomic E-state index is 4.98. The topological polar surface area (TPSA) is 52.6 Å². The standard InChI is InChI=1S/C21H33N5.HI/c1-2-22-21(24-15-19(16-6-7-16)17-8-9-17)25-18-10-13-26(14-11-18)20-5-3-4-12-23-20;/h3-5,12,16-19H,2,6-11,13-15H2,1H3,(H2,22,24,25);1H. The SMILES string of the molecule is CCNC(=NCC(C1CC1)C1CC1)NC1CCN(c2ccccn2)CC1.I. The summed E-state index contributed by atoms with van der Waals surface area (Å²) in [6.07, 6.45) is 9.90. The fraction of sp³-hybridized carbons (Fsp3) is 0.714. The zero-order valence-corrected chi connectivity index (χ0v) is 18.8. The van der Waals surface area contributed by atoms with Gasteiger partial charge in [0.2, 0.25) is 0 Å². The molecule has 1 aromatic rings. The molecule has 6 heteroatoms. The molecule has 0 amide bonds. The minimum absolute atomic E-state index is 0. The Morgan fingerprint density at radius 3 is 2.41 bits per heavy atom. The summed E-state index contributed by atoms with van der Waals surface area (Å²) in [6, 6.07) is 6.66. The van der Waals surface area contributed by atoms with Crippen LogP contribution < -0.4 is 15.5 Å². The predicted molar refractivity (Wildman–Crippen MR) is 123 cm³/mol. The molecule has 1 aromatic heterocycles. The smallest absolute Gasteiger partial charge is 0.191 e. The molecule has 5 nitrogen and oxygen atoms in total. The van der Waals surface area contributed by atoms with Crippen LogP contribution in [-0.2, 0) is 0 Å². The zero-order chi connectivity index (χ0) is 17.8. The Hall–Kier alpha value is -1.05. The quantitative estimate of drug-likeness (QED) is 0.353. The van der Waals surface area contributed by atoms with Crippen LogP contribution in [0, 0.1) is 17.8 Å². The fourth-order valence-electron chi connectivity index (χ4n) is 4.24. The Morgan fingerprint density at radius 1 is 1.15 bits per heavy atom. The molecule has 1 aliphatic heterocycles. The van der Waals surface area contributed by atoms with Gasteiger partial charge in [-0.15, -0.1) is 24.0 Å². The van der Waals surface area contributed by atoms with Crippen molar-refractivity contribution in [2.24, 2.45) is 22.7 Å². The minimum Gasteiger partial charge on any atom is -0.357 e. The highest BCUT2D eigenvalue weighted by molar-refractivity contribution is 14.0. The first-order valence-corrected chi connectivity index (χ1v) is 10.5. The molecule has 3 aliphatic rings. The minimum atomic E-state index is 0. The number of aliphatic imine (C=N–C) groups is 1. The van der Waals surface area contributed by atoms with Crippen LogP contribution in [-0.4, -0.2) is 43.2 Å². The second-order valence-corrected chi connectivity index (χ2v) is 8.15. The van der Waals surface area contributed by atoms with Crippen molar-refractivity contribution in [1.82, 2.24) is 15.6 Å². The lowest BCUT2D eigenvalue weighted by Gasteiger charge is -2.33. The lowest BCUT2D eigenvalue weighted by molar-refractivity contribution is 0.414. The second kappa shape index (κ2) is 9.94. The highest BCUT2D eigenvalue weighted by atomic mass is 127. The van der Waals surface area contributed by atoms with E-state index in [1.54, 1.807) is 0 Å². The molecule has 0 bridgehead atoms. The van der Waals surface area contributed by atoms with E-state index in [0.29, 0.717) is 6.04 Å². The number of rotatable bonds is 7. The summed E-state index contributed by atoms with van der Waals surface area (Å²) < 4.78 is 0. The number of hydrogen-bond acceptors (Lipinski definition) is 3. The maximum atomic E-state index is 4.98. The Kier molecular flexibility index (Phi) is 7.61. The molecule has 1 saturated heterocycles. The number of piperidine rings is 1. The van der Waals surface area contributed by atoms with Crippen LogP contribution in [0.2, 0.25) is 0 Å². The molecule has 0 radical (unpaired) electrons. The number of hydrogen-bond donors (Lipinski definition) is 2. The molecule has 0 spiro atoms. The first kappa shape index (κ1) is 20.7. The Labute approximate surface area is 180 Å². The highest BCUT2D eigenvalue weighted by Crippen LogP contribution is 2.49. The highest BCUT2D eigenvalue weighted by Gasteiger charge is 2.41. The Morgan fingerprint density at radius 2 is 1.85 bits per heavy atom. The number of aromatic nitrogens is 1. The zero-order valence-electron chi connectivity index (χ0n) is 16.4. The van der Waals surface area contributed by atoms with Gasteiger partial charge in [0.1, 0.15) is 5.82 Å². The van der Waals surface area contributed by atoms with Gasteiger partial charge in [-0.1, -0.05) is 6.07 Å². The van der Waals surface area contributed by atoms with Gasteiger partial charge in [0.25, 0.3) is 0 Å². The van der Waals surface area contributed by atoms with Crippen LogP contribution in [0.15, 0.2) is 29.4 Å². The summed E-state index contributed by atoms with van der Waals surface area (Å²) in [6.45, 7) is 6.20. The molecule has 2 heterocycles. The first-order chi connectivity index (χ1) is 12.8. The van der Waals surface area contributed by atoms with Crippen LogP contribution in [0.4, 0.5) is 5.82 Å². The first-order valence-electron chi connectivity index (χ1n) is 10.5.